The number of hydrogen-bond donors (Lipinski definition) is 1. The van der Waals surface area contributed by atoms with Gasteiger partial charge in [0.2, 0.25) is 0 Å². The van der Waals surface area contributed by atoms with Crippen molar-refractivity contribution in [1.82, 2.24) is 4.90 Å². The molecule has 3 rings (SSSR count). The molecular weight excluding hydrogens is 446 g/mol. The molecule has 26 heavy (non-hydrogen) atoms. The van der Waals surface area contributed by atoms with Gasteiger partial charge in [-0.1, -0.05) is 18.2 Å². The van der Waals surface area contributed by atoms with E-state index in [-0.39, 0.29) is 29.8 Å². The van der Waals surface area contributed by atoms with E-state index < -0.39 is 0 Å². The van der Waals surface area contributed by atoms with Crippen molar-refractivity contribution in [2.75, 3.05) is 38.2 Å². The number of guanidine groups is 1. The van der Waals surface area contributed by atoms with Gasteiger partial charge in [-0.3, -0.25) is 0 Å². The van der Waals surface area contributed by atoms with E-state index in [4.69, 9.17) is 10.5 Å². The van der Waals surface area contributed by atoms with Crippen molar-refractivity contribution in [3.63, 3.8) is 0 Å². The summed E-state index contributed by atoms with van der Waals surface area (Å²) >= 11 is 0. The zero-order valence-electron chi connectivity index (χ0n) is 14.8. The van der Waals surface area contributed by atoms with E-state index in [0.29, 0.717) is 12.5 Å². The number of halogens is 2. The molecule has 5 nitrogen and oxygen atoms in total. The molecule has 0 aliphatic carbocycles. The van der Waals surface area contributed by atoms with E-state index in [1.807, 2.05) is 36.4 Å². The van der Waals surface area contributed by atoms with Crippen LogP contribution in [0.5, 0.6) is 5.75 Å². The summed E-state index contributed by atoms with van der Waals surface area (Å²) in [7, 11) is 1.65. The largest absolute Gasteiger partial charge is 0.496 e. The van der Waals surface area contributed by atoms with E-state index in [1.54, 1.807) is 7.11 Å². The highest BCUT2D eigenvalue weighted by Gasteiger charge is 2.18. The zero-order valence-corrected chi connectivity index (χ0v) is 17.1. The van der Waals surface area contributed by atoms with Crippen molar-refractivity contribution < 1.29 is 9.13 Å². The van der Waals surface area contributed by atoms with Gasteiger partial charge in [0.25, 0.3) is 0 Å². The second-order valence-corrected chi connectivity index (χ2v) is 5.94. The fourth-order valence-electron chi connectivity index (χ4n) is 2.95. The number of nitrogens with two attached hydrogens (primary N) is 1. The van der Waals surface area contributed by atoms with Crippen LogP contribution < -0.4 is 15.4 Å². The molecule has 0 amide bonds. The minimum absolute atomic E-state index is 0. The fourth-order valence-corrected chi connectivity index (χ4v) is 2.95. The summed E-state index contributed by atoms with van der Waals surface area (Å²) in [6.45, 7) is 3.73. The van der Waals surface area contributed by atoms with E-state index in [2.05, 4.69) is 14.8 Å². The Hall–Kier alpha value is -2.03. The van der Waals surface area contributed by atoms with Crippen LogP contribution >= 0.6 is 24.0 Å². The summed E-state index contributed by atoms with van der Waals surface area (Å²) in [5, 5.41) is 0. The first-order valence-corrected chi connectivity index (χ1v) is 8.34. The number of aliphatic imine (C=N–C) groups is 1. The van der Waals surface area contributed by atoms with E-state index in [9.17, 15) is 4.39 Å². The molecule has 2 aromatic carbocycles. The molecule has 1 aliphatic rings. The number of rotatable bonds is 4. The van der Waals surface area contributed by atoms with Gasteiger partial charge < -0.3 is 20.3 Å². The molecule has 0 spiro atoms. The maximum Gasteiger partial charge on any atom is 0.191 e. The van der Waals surface area contributed by atoms with Gasteiger partial charge in [0, 0.05) is 37.4 Å². The quantitative estimate of drug-likeness (QED) is 0.424. The summed E-state index contributed by atoms with van der Waals surface area (Å²) in [4.78, 5) is 8.81. The lowest BCUT2D eigenvalue weighted by Crippen LogP contribution is -2.51. The number of para-hydroxylation sites is 1. The van der Waals surface area contributed by atoms with Crippen LogP contribution in [0.1, 0.15) is 5.56 Å². The molecule has 1 saturated heterocycles. The Balaban J connectivity index is 0.00000243. The fraction of sp³-hybridized carbons (Fsp3) is 0.316. The second-order valence-electron chi connectivity index (χ2n) is 5.94. The summed E-state index contributed by atoms with van der Waals surface area (Å²) in [6.07, 6.45) is 0. The van der Waals surface area contributed by atoms with Gasteiger partial charge in [0.1, 0.15) is 11.6 Å². The van der Waals surface area contributed by atoms with Gasteiger partial charge in [-0.2, -0.15) is 0 Å². The monoisotopic (exact) mass is 470 g/mol. The molecule has 0 bridgehead atoms. The van der Waals surface area contributed by atoms with E-state index in [0.717, 1.165) is 43.2 Å². The Kier molecular flexibility index (Phi) is 7.50. The Bertz CT molecular complexity index is 731. The molecule has 1 aliphatic heterocycles. The summed E-state index contributed by atoms with van der Waals surface area (Å²) in [5.41, 5.74) is 8.20. The smallest absolute Gasteiger partial charge is 0.191 e. The number of benzene rings is 2. The van der Waals surface area contributed by atoms with Gasteiger partial charge in [-0.25, -0.2) is 9.38 Å². The van der Waals surface area contributed by atoms with Crippen LogP contribution in [-0.4, -0.2) is 44.1 Å². The van der Waals surface area contributed by atoms with E-state index in [1.165, 1.54) is 12.1 Å². The Labute approximate surface area is 170 Å². The SMILES string of the molecule is COc1ccccc1CN=C(N)N1CCN(c2ccc(F)cc2)CC1.I. The molecule has 0 atom stereocenters. The molecule has 7 heteroatoms. The number of methoxy groups -OCH3 is 1. The second kappa shape index (κ2) is 9.61. The Morgan fingerprint density at radius 1 is 1.08 bits per heavy atom. The Morgan fingerprint density at radius 3 is 2.38 bits per heavy atom. The average Bonchev–Trinajstić information content (AvgIpc) is 2.67. The van der Waals surface area contributed by atoms with Crippen molar-refractivity contribution in [3.05, 3.63) is 59.9 Å². The third-order valence-corrected chi connectivity index (χ3v) is 4.40. The lowest BCUT2D eigenvalue weighted by molar-refractivity contribution is 0.380. The third-order valence-electron chi connectivity index (χ3n) is 4.40. The average molecular weight is 470 g/mol. The predicted molar refractivity (Wildman–Crippen MR) is 114 cm³/mol. The summed E-state index contributed by atoms with van der Waals surface area (Å²) in [5.74, 6) is 1.15. The predicted octanol–water partition coefficient (Wildman–Crippen LogP) is 3.09. The molecule has 0 unspecified atom stereocenters. The van der Waals surface area contributed by atoms with Crippen LogP contribution in [-0.2, 0) is 6.54 Å². The normalized spacial score (nSPS) is 14.8. The van der Waals surface area contributed by atoms with Crippen LogP contribution in [0.15, 0.2) is 53.5 Å². The lowest BCUT2D eigenvalue weighted by Gasteiger charge is -2.36. The molecule has 2 aromatic rings. The molecule has 2 N–H and O–H groups in total. The molecule has 140 valence electrons. The highest BCUT2D eigenvalue weighted by atomic mass is 127. The maximum atomic E-state index is 13.0. The van der Waals surface area contributed by atoms with Crippen LogP contribution in [0.25, 0.3) is 0 Å². The van der Waals surface area contributed by atoms with Crippen LogP contribution in [0.3, 0.4) is 0 Å². The number of nitrogens with zero attached hydrogens (tertiary/aromatic N) is 3. The summed E-state index contributed by atoms with van der Waals surface area (Å²) in [6, 6.07) is 14.4. The van der Waals surface area contributed by atoms with Gasteiger partial charge in [-0.05, 0) is 30.3 Å². The van der Waals surface area contributed by atoms with Gasteiger partial charge >= 0.3 is 0 Å². The van der Waals surface area contributed by atoms with Crippen molar-refractivity contribution in [1.29, 1.82) is 0 Å². The van der Waals surface area contributed by atoms with Gasteiger partial charge in [-0.15, -0.1) is 24.0 Å². The standard InChI is InChI=1S/C19H23FN4O.HI/c1-25-18-5-3-2-4-15(18)14-22-19(21)24-12-10-23(11-13-24)17-8-6-16(20)7-9-17;/h2-9H,10-14H2,1H3,(H2,21,22);1H. The molecule has 0 saturated carbocycles. The number of ether oxygens (including phenoxy) is 1. The number of piperazine rings is 1. The minimum Gasteiger partial charge on any atom is -0.496 e. The highest BCUT2D eigenvalue weighted by molar-refractivity contribution is 14.0. The van der Waals surface area contributed by atoms with Gasteiger partial charge in [0.05, 0.1) is 13.7 Å². The lowest BCUT2D eigenvalue weighted by atomic mass is 10.2. The topological polar surface area (TPSA) is 54.1 Å². The van der Waals surface area contributed by atoms with Crippen LogP contribution in [0.2, 0.25) is 0 Å². The van der Waals surface area contributed by atoms with Gasteiger partial charge in [0.15, 0.2) is 5.96 Å². The molecule has 0 radical (unpaired) electrons. The van der Waals surface area contributed by atoms with E-state index >= 15 is 0 Å². The highest BCUT2D eigenvalue weighted by Crippen LogP contribution is 2.19. The van der Waals surface area contributed by atoms with Crippen molar-refractivity contribution in [3.8, 4) is 5.75 Å². The first-order valence-electron chi connectivity index (χ1n) is 8.34. The van der Waals surface area contributed by atoms with Crippen molar-refractivity contribution in [2.24, 2.45) is 10.7 Å². The zero-order chi connectivity index (χ0) is 17.6. The third kappa shape index (κ3) is 5.00. The Morgan fingerprint density at radius 2 is 1.73 bits per heavy atom. The number of hydrogen-bond acceptors (Lipinski definition) is 3. The first kappa shape index (κ1) is 20.3. The molecular formula is C19H24FIN4O. The molecule has 0 aromatic heterocycles. The van der Waals surface area contributed by atoms with Crippen molar-refractivity contribution in [2.45, 2.75) is 6.54 Å². The van der Waals surface area contributed by atoms with Crippen LogP contribution in [0.4, 0.5) is 10.1 Å². The molecule has 1 heterocycles. The van der Waals surface area contributed by atoms with Crippen LogP contribution in [0, 0.1) is 5.82 Å². The maximum absolute atomic E-state index is 13.0. The molecule has 1 fully saturated rings. The summed E-state index contributed by atoms with van der Waals surface area (Å²) < 4.78 is 18.4. The minimum atomic E-state index is -0.213. The number of anilines is 1. The first-order chi connectivity index (χ1) is 12.2. The van der Waals surface area contributed by atoms with Crippen molar-refractivity contribution >= 4 is 35.6 Å².